The highest BCUT2D eigenvalue weighted by atomic mass is 35.5. The molecule has 0 unspecified atom stereocenters. The zero-order chi connectivity index (χ0) is 13.9. The molecule has 0 aliphatic heterocycles. The fourth-order valence-corrected chi connectivity index (χ4v) is 2.67. The third-order valence-electron chi connectivity index (χ3n) is 2.92. The Hall–Kier alpha value is -1.79. The second-order valence-electron chi connectivity index (χ2n) is 4.12. The van der Waals surface area contributed by atoms with E-state index in [0.29, 0.717) is 6.54 Å². The Morgan fingerprint density at radius 3 is 2.95 bits per heavy atom. The van der Waals surface area contributed by atoms with Gasteiger partial charge in [-0.25, -0.2) is 9.97 Å². The number of halogens is 1. The van der Waals surface area contributed by atoms with E-state index < -0.39 is 0 Å². The molecule has 0 saturated carbocycles. The van der Waals surface area contributed by atoms with E-state index in [1.165, 1.54) is 6.33 Å². The van der Waals surface area contributed by atoms with Crippen LogP contribution in [0.4, 0.5) is 5.82 Å². The van der Waals surface area contributed by atoms with E-state index in [1.54, 1.807) is 11.8 Å². The number of hydrogen-bond donors (Lipinski definition) is 2. The second kappa shape index (κ2) is 5.68. The van der Waals surface area contributed by atoms with Crippen molar-refractivity contribution in [3.05, 3.63) is 41.2 Å². The van der Waals surface area contributed by atoms with Crippen LogP contribution in [0.15, 0.2) is 35.6 Å². The van der Waals surface area contributed by atoms with E-state index in [0.717, 1.165) is 32.5 Å². The van der Waals surface area contributed by atoms with Gasteiger partial charge in [-0.15, -0.1) is 11.8 Å². The van der Waals surface area contributed by atoms with Gasteiger partial charge >= 0.3 is 0 Å². The molecule has 0 fully saturated rings. The Labute approximate surface area is 125 Å². The van der Waals surface area contributed by atoms with Crippen molar-refractivity contribution in [1.29, 1.82) is 0 Å². The van der Waals surface area contributed by atoms with Gasteiger partial charge in [0.1, 0.15) is 17.2 Å². The Morgan fingerprint density at radius 1 is 1.30 bits per heavy atom. The number of thioether (sulfide) groups is 1. The molecule has 3 aromatic rings. The molecule has 0 radical (unpaired) electrons. The number of aromatic nitrogens is 4. The highest BCUT2D eigenvalue weighted by Crippen LogP contribution is 2.28. The van der Waals surface area contributed by atoms with Gasteiger partial charge in [0.2, 0.25) is 0 Å². The fraction of sp³-hybridized carbons (Fsp3) is 0.154. The molecule has 0 saturated heterocycles. The minimum atomic E-state index is 0.602. The first kappa shape index (κ1) is 13.2. The van der Waals surface area contributed by atoms with Gasteiger partial charge in [0.25, 0.3) is 0 Å². The van der Waals surface area contributed by atoms with E-state index in [1.807, 2.05) is 30.5 Å². The first-order valence-electron chi connectivity index (χ1n) is 6.00. The molecular formula is C13H12ClN5S. The van der Waals surface area contributed by atoms with Gasteiger partial charge in [0.05, 0.1) is 5.39 Å². The molecule has 1 aromatic carbocycles. The van der Waals surface area contributed by atoms with Crippen molar-refractivity contribution in [2.75, 3.05) is 11.6 Å². The summed E-state index contributed by atoms with van der Waals surface area (Å²) in [6.45, 7) is 0.602. The number of H-pyrrole nitrogens is 1. The number of fused-ring (bicyclic) bond motifs is 1. The summed E-state index contributed by atoms with van der Waals surface area (Å²) in [6.07, 6.45) is 3.49. The van der Waals surface area contributed by atoms with Crippen molar-refractivity contribution >= 4 is 40.2 Å². The molecule has 0 atom stereocenters. The minimum Gasteiger partial charge on any atom is -0.365 e. The smallest absolute Gasteiger partial charge is 0.161 e. The van der Waals surface area contributed by atoms with Crippen molar-refractivity contribution in [2.45, 2.75) is 11.6 Å². The molecule has 0 spiro atoms. The number of rotatable bonds is 4. The molecule has 3 rings (SSSR count). The zero-order valence-corrected chi connectivity index (χ0v) is 12.3. The molecule has 7 heteroatoms. The van der Waals surface area contributed by atoms with Crippen molar-refractivity contribution in [2.24, 2.45) is 0 Å². The minimum absolute atomic E-state index is 0.602. The van der Waals surface area contributed by atoms with Gasteiger partial charge in [-0.1, -0.05) is 29.8 Å². The van der Waals surface area contributed by atoms with Crippen LogP contribution in [-0.4, -0.2) is 26.4 Å². The molecule has 0 bridgehead atoms. The quantitative estimate of drug-likeness (QED) is 0.724. The maximum atomic E-state index is 6.15. The van der Waals surface area contributed by atoms with Crippen LogP contribution in [0, 0.1) is 0 Å². The van der Waals surface area contributed by atoms with Gasteiger partial charge in [0, 0.05) is 11.6 Å². The van der Waals surface area contributed by atoms with E-state index in [2.05, 4.69) is 25.5 Å². The summed E-state index contributed by atoms with van der Waals surface area (Å²) in [5.41, 5.74) is 1.75. The molecule has 2 aromatic heterocycles. The monoisotopic (exact) mass is 305 g/mol. The summed E-state index contributed by atoms with van der Waals surface area (Å²) in [6, 6.07) is 7.73. The standard InChI is InChI=1S/C13H12ClN5S/c1-20-13-10-11(16-7-17-12(10)18-19-13)15-6-8-4-2-3-5-9(8)14/h2-5,7H,6H2,1H3,(H2,15,16,17,18,19). The maximum Gasteiger partial charge on any atom is 0.161 e. The van der Waals surface area contributed by atoms with Crippen LogP contribution in [0.5, 0.6) is 0 Å². The third-order valence-corrected chi connectivity index (χ3v) is 3.97. The maximum absolute atomic E-state index is 6.15. The summed E-state index contributed by atoms with van der Waals surface area (Å²) in [5.74, 6) is 0.757. The first-order chi connectivity index (χ1) is 9.79. The van der Waals surface area contributed by atoms with E-state index in [-0.39, 0.29) is 0 Å². The topological polar surface area (TPSA) is 66.5 Å². The van der Waals surface area contributed by atoms with Crippen molar-refractivity contribution in [3.8, 4) is 0 Å². The lowest BCUT2D eigenvalue weighted by atomic mass is 10.2. The number of nitrogens with one attached hydrogen (secondary N) is 2. The fourth-order valence-electron chi connectivity index (χ4n) is 1.94. The second-order valence-corrected chi connectivity index (χ2v) is 5.33. The van der Waals surface area contributed by atoms with Gasteiger partial charge in [0.15, 0.2) is 5.65 Å². The Morgan fingerprint density at radius 2 is 2.15 bits per heavy atom. The largest absolute Gasteiger partial charge is 0.365 e. The summed E-state index contributed by atoms with van der Waals surface area (Å²) in [5, 5.41) is 12.9. The summed E-state index contributed by atoms with van der Waals surface area (Å²) >= 11 is 7.71. The normalized spacial score (nSPS) is 10.9. The number of aromatic amines is 1. The van der Waals surface area contributed by atoms with Crippen LogP contribution in [0.1, 0.15) is 5.56 Å². The van der Waals surface area contributed by atoms with Gasteiger partial charge in [-0.05, 0) is 17.9 Å². The Bertz CT molecular complexity index is 742. The van der Waals surface area contributed by atoms with Crippen molar-refractivity contribution in [1.82, 2.24) is 20.2 Å². The molecule has 102 valence electrons. The lowest BCUT2D eigenvalue weighted by Crippen LogP contribution is -2.02. The zero-order valence-electron chi connectivity index (χ0n) is 10.7. The average Bonchev–Trinajstić information content (AvgIpc) is 2.90. The number of anilines is 1. The molecule has 5 nitrogen and oxygen atoms in total. The molecule has 2 N–H and O–H groups in total. The van der Waals surface area contributed by atoms with Gasteiger partial charge in [-0.2, -0.15) is 5.10 Å². The predicted octanol–water partition coefficient (Wildman–Crippen LogP) is 3.34. The number of benzene rings is 1. The van der Waals surface area contributed by atoms with Crippen LogP contribution in [0.3, 0.4) is 0 Å². The number of hydrogen-bond acceptors (Lipinski definition) is 5. The molecule has 0 aliphatic carbocycles. The van der Waals surface area contributed by atoms with Gasteiger partial charge in [-0.3, -0.25) is 5.10 Å². The Balaban J connectivity index is 1.91. The van der Waals surface area contributed by atoms with Crippen LogP contribution >= 0.6 is 23.4 Å². The van der Waals surface area contributed by atoms with E-state index >= 15 is 0 Å². The van der Waals surface area contributed by atoms with E-state index in [9.17, 15) is 0 Å². The molecule has 2 heterocycles. The average molecular weight is 306 g/mol. The third kappa shape index (κ3) is 2.44. The van der Waals surface area contributed by atoms with Crippen LogP contribution < -0.4 is 5.32 Å². The summed E-state index contributed by atoms with van der Waals surface area (Å²) in [7, 11) is 0. The first-order valence-corrected chi connectivity index (χ1v) is 7.60. The molecule has 20 heavy (non-hydrogen) atoms. The van der Waals surface area contributed by atoms with Gasteiger partial charge < -0.3 is 5.32 Å². The number of nitrogens with zero attached hydrogens (tertiary/aromatic N) is 3. The predicted molar refractivity (Wildman–Crippen MR) is 82.2 cm³/mol. The molecular weight excluding hydrogens is 294 g/mol. The summed E-state index contributed by atoms with van der Waals surface area (Å²) in [4.78, 5) is 8.47. The van der Waals surface area contributed by atoms with Crippen LogP contribution in [0.2, 0.25) is 5.02 Å². The lowest BCUT2D eigenvalue weighted by molar-refractivity contribution is 1.02. The summed E-state index contributed by atoms with van der Waals surface area (Å²) < 4.78 is 0. The highest BCUT2D eigenvalue weighted by molar-refractivity contribution is 7.98. The highest BCUT2D eigenvalue weighted by Gasteiger charge is 2.12. The van der Waals surface area contributed by atoms with Crippen molar-refractivity contribution in [3.63, 3.8) is 0 Å². The molecule has 0 amide bonds. The molecule has 0 aliphatic rings. The SMILES string of the molecule is CSc1n[nH]c2ncnc(NCc3ccccc3Cl)c12. The lowest BCUT2D eigenvalue weighted by Gasteiger charge is -2.08. The Kier molecular flexibility index (Phi) is 3.75. The van der Waals surface area contributed by atoms with E-state index in [4.69, 9.17) is 11.6 Å². The van der Waals surface area contributed by atoms with Crippen molar-refractivity contribution < 1.29 is 0 Å². The van der Waals surface area contributed by atoms with Crippen LogP contribution in [-0.2, 0) is 6.54 Å². The van der Waals surface area contributed by atoms with Crippen LogP contribution in [0.25, 0.3) is 11.0 Å².